The van der Waals surface area contributed by atoms with Gasteiger partial charge in [-0.05, 0) is 73.7 Å². The summed E-state index contributed by atoms with van der Waals surface area (Å²) >= 11 is 0. The van der Waals surface area contributed by atoms with Crippen molar-refractivity contribution in [2.75, 3.05) is 36.6 Å². The van der Waals surface area contributed by atoms with E-state index < -0.39 is 12.1 Å². The van der Waals surface area contributed by atoms with Gasteiger partial charge < -0.3 is 25.2 Å². The maximum atomic E-state index is 14.3. The molecule has 1 fully saturated rings. The SMILES string of the molecule is CNC(C)C(=O)N[C@H]1CN(C(=O)CC2CCOCC2)c2ccccc2N(Cc2c(C)ccc3ccccc23)C1=O. The molecule has 5 rings (SSSR count). The fourth-order valence-corrected chi connectivity index (χ4v) is 5.64. The molecule has 1 saturated heterocycles. The van der Waals surface area contributed by atoms with E-state index in [4.69, 9.17) is 4.74 Å². The molecule has 0 aliphatic carbocycles. The minimum Gasteiger partial charge on any atom is -0.381 e. The lowest BCUT2D eigenvalue weighted by Gasteiger charge is -2.28. The first-order chi connectivity index (χ1) is 19.4. The molecular formula is C32H38N4O4. The van der Waals surface area contributed by atoms with Crippen LogP contribution in [-0.4, -0.2) is 56.6 Å². The number of rotatable bonds is 7. The Kier molecular flexibility index (Phi) is 8.47. The highest BCUT2D eigenvalue weighted by molar-refractivity contribution is 6.08. The molecule has 40 heavy (non-hydrogen) atoms. The van der Waals surface area contributed by atoms with Crippen molar-refractivity contribution < 1.29 is 19.1 Å². The molecule has 0 bridgehead atoms. The third-order valence-electron chi connectivity index (χ3n) is 8.23. The van der Waals surface area contributed by atoms with Crippen molar-refractivity contribution in [1.29, 1.82) is 0 Å². The Morgan fingerprint density at radius 1 is 1.00 bits per heavy atom. The van der Waals surface area contributed by atoms with Crippen molar-refractivity contribution in [1.82, 2.24) is 10.6 Å². The fraction of sp³-hybridized carbons (Fsp3) is 0.406. The molecule has 2 atom stereocenters. The average Bonchev–Trinajstić information content (AvgIpc) is 3.09. The average molecular weight is 543 g/mol. The number of hydrogen-bond donors (Lipinski definition) is 2. The molecule has 1 unspecified atom stereocenters. The molecule has 0 spiro atoms. The standard InChI is InChI=1S/C32H38N4O4/c1-21-12-13-24-8-4-5-9-25(24)26(21)19-36-29-11-7-6-10-28(29)35(30(37)18-23-14-16-40-17-15-23)20-27(32(36)39)34-31(38)22(2)33-3/h4-13,22-23,27,33H,14-20H2,1-3H3,(H,34,38)/t22?,27-/m0/s1. The van der Waals surface area contributed by atoms with Gasteiger partial charge in [0.1, 0.15) is 6.04 Å². The van der Waals surface area contributed by atoms with Gasteiger partial charge in [-0.15, -0.1) is 0 Å². The number of ether oxygens (including phenoxy) is 1. The minimum absolute atomic E-state index is 0.0451. The van der Waals surface area contributed by atoms with Crippen LogP contribution < -0.4 is 20.4 Å². The van der Waals surface area contributed by atoms with Crippen molar-refractivity contribution >= 4 is 39.9 Å². The highest BCUT2D eigenvalue weighted by atomic mass is 16.5. The molecule has 0 aromatic heterocycles. The lowest BCUT2D eigenvalue weighted by atomic mass is 9.95. The van der Waals surface area contributed by atoms with Crippen molar-refractivity contribution in [3.63, 3.8) is 0 Å². The van der Waals surface area contributed by atoms with Gasteiger partial charge in [0.05, 0.1) is 30.5 Å². The van der Waals surface area contributed by atoms with Gasteiger partial charge in [-0.2, -0.15) is 0 Å². The number of amides is 3. The zero-order valence-corrected chi connectivity index (χ0v) is 23.5. The largest absolute Gasteiger partial charge is 0.381 e. The number of hydrogen-bond acceptors (Lipinski definition) is 5. The number of likely N-dealkylation sites (N-methyl/N-ethyl adjacent to an activating group) is 1. The lowest BCUT2D eigenvalue weighted by molar-refractivity contribution is -0.128. The van der Waals surface area contributed by atoms with E-state index in [1.54, 1.807) is 23.8 Å². The number of para-hydroxylation sites is 2. The van der Waals surface area contributed by atoms with Crippen LogP contribution >= 0.6 is 0 Å². The molecule has 3 amide bonds. The van der Waals surface area contributed by atoms with Crippen molar-refractivity contribution in [2.24, 2.45) is 5.92 Å². The molecule has 3 aromatic carbocycles. The van der Waals surface area contributed by atoms with Gasteiger partial charge in [0.25, 0.3) is 5.91 Å². The summed E-state index contributed by atoms with van der Waals surface area (Å²) in [6.45, 7) is 5.51. The molecule has 8 nitrogen and oxygen atoms in total. The molecule has 2 N–H and O–H groups in total. The van der Waals surface area contributed by atoms with Gasteiger partial charge in [-0.3, -0.25) is 14.4 Å². The quantitative estimate of drug-likeness (QED) is 0.472. The number of fused-ring (bicyclic) bond motifs is 2. The van der Waals surface area contributed by atoms with E-state index in [9.17, 15) is 14.4 Å². The molecular weight excluding hydrogens is 504 g/mol. The van der Waals surface area contributed by atoms with Crippen LogP contribution in [0, 0.1) is 12.8 Å². The van der Waals surface area contributed by atoms with Crippen LogP contribution in [0.25, 0.3) is 10.8 Å². The van der Waals surface area contributed by atoms with Gasteiger partial charge in [0.15, 0.2) is 0 Å². The van der Waals surface area contributed by atoms with Gasteiger partial charge in [-0.1, -0.05) is 48.5 Å². The molecule has 8 heteroatoms. The van der Waals surface area contributed by atoms with E-state index in [1.165, 1.54) is 0 Å². The van der Waals surface area contributed by atoms with Gasteiger partial charge in [0, 0.05) is 19.6 Å². The summed E-state index contributed by atoms with van der Waals surface area (Å²) in [4.78, 5) is 44.6. The smallest absolute Gasteiger partial charge is 0.251 e. The monoisotopic (exact) mass is 542 g/mol. The van der Waals surface area contributed by atoms with Crippen molar-refractivity contribution in [3.8, 4) is 0 Å². The first kappa shape index (κ1) is 27.8. The van der Waals surface area contributed by atoms with Crippen LogP contribution in [0.4, 0.5) is 11.4 Å². The second-order valence-electron chi connectivity index (χ2n) is 10.8. The summed E-state index contributed by atoms with van der Waals surface area (Å²) in [7, 11) is 1.70. The summed E-state index contributed by atoms with van der Waals surface area (Å²) in [5.41, 5.74) is 3.46. The van der Waals surface area contributed by atoms with Crippen LogP contribution in [0.1, 0.15) is 37.3 Å². The van der Waals surface area contributed by atoms with E-state index in [1.807, 2.05) is 43.3 Å². The Morgan fingerprint density at radius 2 is 1.70 bits per heavy atom. The number of aryl methyl sites for hydroxylation is 1. The Morgan fingerprint density at radius 3 is 2.45 bits per heavy atom. The molecule has 2 heterocycles. The predicted octanol–water partition coefficient (Wildman–Crippen LogP) is 3.94. The van der Waals surface area contributed by atoms with Crippen LogP contribution in [-0.2, 0) is 25.7 Å². The maximum absolute atomic E-state index is 14.3. The van der Waals surface area contributed by atoms with Crippen molar-refractivity contribution in [3.05, 3.63) is 71.8 Å². The van der Waals surface area contributed by atoms with Gasteiger partial charge in [0.2, 0.25) is 11.8 Å². The third kappa shape index (κ3) is 5.74. The van der Waals surface area contributed by atoms with E-state index in [2.05, 4.69) is 34.9 Å². The maximum Gasteiger partial charge on any atom is 0.251 e. The second kappa shape index (κ2) is 12.2. The van der Waals surface area contributed by atoms with Crippen LogP contribution in [0.5, 0.6) is 0 Å². The normalized spacial score (nSPS) is 18.8. The molecule has 0 radical (unpaired) electrons. The lowest BCUT2D eigenvalue weighted by Crippen LogP contribution is -2.55. The van der Waals surface area contributed by atoms with Crippen LogP contribution in [0.15, 0.2) is 60.7 Å². The fourth-order valence-electron chi connectivity index (χ4n) is 5.64. The summed E-state index contributed by atoms with van der Waals surface area (Å²) in [6.07, 6.45) is 2.06. The zero-order valence-electron chi connectivity index (χ0n) is 23.5. The number of nitrogens with zero attached hydrogens (tertiary/aromatic N) is 2. The highest BCUT2D eigenvalue weighted by Crippen LogP contribution is 2.36. The summed E-state index contributed by atoms with van der Waals surface area (Å²) < 4.78 is 5.49. The Bertz CT molecular complexity index is 1400. The number of nitrogens with one attached hydrogen (secondary N) is 2. The highest BCUT2D eigenvalue weighted by Gasteiger charge is 2.38. The number of carbonyl (C=O) groups is 3. The summed E-state index contributed by atoms with van der Waals surface area (Å²) in [6, 6.07) is 18.5. The Labute approximate surface area is 235 Å². The predicted molar refractivity (Wildman–Crippen MR) is 157 cm³/mol. The van der Waals surface area contributed by atoms with Crippen molar-refractivity contribution in [2.45, 2.75) is 51.7 Å². The molecule has 2 aliphatic rings. The van der Waals surface area contributed by atoms with E-state index in [0.29, 0.717) is 37.6 Å². The molecule has 0 saturated carbocycles. The van der Waals surface area contributed by atoms with E-state index in [0.717, 1.165) is 34.7 Å². The molecule has 3 aromatic rings. The molecule has 210 valence electrons. The summed E-state index contributed by atoms with van der Waals surface area (Å²) in [5.74, 6) is -0.335. The second-order valence-corrected chi connectivity index (χ2v) is 10.8. The number of carbonyl (C=O) groups excluding carboxylic acids is 3. The zero-order chi connectivity index (χ0) is 28.2. The van der Waals surface area contributed by atoms with Crippen LogP contribution in [0.3, 0.4) is 0 Å². The van der Waals surface area contributed by atoms with E-state index >= 15 is 0 Å². The minimum atomic E-state index is -0.898. The topological polar surface area (TPSA) is 91.0 Å². The van der Waals surface area contributed by atoms with Crippen LogP contribution in [0.2, 0.25) is 0 Å². The first-order valence-electron chi connectivity index (χ1n) is 14.1. The third-order valence-corrected chi connectivity index (χ3v) is 8.23. The Balaban J connectivity index is 1.56. The van der Waals surface area contributed by atoms with E-state index in [-0.39, 0.29) is 30.2 Å². The van der Waals surface area contributed by atoms with Gasteiger partial charge in [-0.25, -0.2) is 0 Å². The number of benzene rings is 3. The number of anilines is 2. The summed E-state index contributed by atoms with van der Waals surface area (Å²) in [5, 5.41) is 8.06. The Hall–Kier alpha value is -3.75. The first-order valence-corrected chi connectivity index (χ1v) is 14.1. The van der Waals surface area contributed by atoms with Gasteiger partial charge >= 0.3 is 0 Å². The molecule has 2 aliphatic heterocycles.